The molecule has 0 radical (unpaired) electrons. The number of rotatable bonds is 4. The number of carbonyl (C=O) groups is 2. The van der Waals surface area contributed by atoms with Crippen molar-refractivity contribution in [2.45, 2.75) is 5.03 Å². The molecule has 2 amide bonds. The Kier molecular flexibility index (Phi) is 5.13. The summed E-state index contributed by atoms with van der Waals surface area (Å²) in [6, 6.07) is 6.49. The standard InChI is InChI=1S/C13H11ClN4O2S/c14-9-4-2-1-3-8(9)12(20)18-10(19)7-21-13-11(15)16-5-6-17-13/h1-6H,7H2,(H2,15,16)(H,18,19,20). The van der Waals surface area contributed by atoms with Crippen molar-refractivity contribution < 1.29 is 9.59 Å². The maximum atomic E-state index is 11.9. The normalized spacial score (nSPS) is 10.1. The molecule has 2 rings (SSSR count). The first-order valence-electron chi connectivity index (χ1n) is 5.86. The summed E-state index contributed by atoms with van der Waals surface area (Å²) >= 11 is 6.98. The lowest BCUT2D eigenvalue weighted by Gasteiger charge is -2.06. The van der Waals surface area contributed by atoms with E-state index in [-0.39, 0.29) is 22.2 Å². The highest BCUT2D eigenvalue weighted by Crippen LogP contribution is 2.19. The van der Waals surface area contributed by atoms with E-state index in [4.69, 9.17) is 17.3 Å². The minimum atomic E-state index is -0.543. The molecular weight excluding hydrogens is 312 g/mol. The van der Waals surface area contributed by atoms with E-state index in [1.54, 1.807) is 24.3 Å². The first-order chi connectivity index (χ1) is 10.1. The molecule has 2 aromatic rings. The highest BCUT2D eigenvalue weighted by atomic mass is 35.5. The minimum Gasteiger partial charge on any atom is -0.381 e. The largest absolute Gasteiger partial charge is 0.381 e. The number of nitrogens with zero attached hydrogens (tertiary/aromatic N) is 2. The fourth-order valence-corrected chi connectivity index (χ4v) is 2.35. The van der Waals surface area contributed by atoms with Crippen LogP contribution in [0.25, 0.3) is 0 Å². The Morgan fingerprint density at radius 2 is 1.95 bits per heavy atom. The van der Waals surface area contributed by atoms with Gasteiger partial charge in [0.2, 0.25) is 5.91 Å². The number of amides is 2. The number of anilines is 1. The highest BCUT2D eigenvalue weighted by molar-refractivity contribution is 8.00. The summed E-state index contributed by atoms with van der Waals surface area (Å²) in [7, 11) is 0. The van der Waals surface area contributed by atoms with Crippen molar-refractivity contribution in [2.24, 2.45) is 0 Å². The first-order valence-corrected chi connectivity index (χ1v) is 7.22. The quantitative estimate of drug-likeness (QED) is 0.832. The van der Waals surface area contributed by atoms with E-state index in [2.05, 4.69) is 15.3 Å². The van der Waals surface area contributed by atoms with Crippen molar-refractivity contribution in [1.82, 2.24) is 15.3 Å². The number of nitrogens with one attached hydrogen (secondary N) is 1. The van der Waals surface area contributed by atoms with Crippen LogP contribution in [0, 0.1) is 0 Å². The van der Waals surface area contributed by atoms with E-state index < -0.39 is 11.8 Å². The number of nitrogens with two attached hydrogens (primary N) is 1. The lowest BCUT2D eigenvalue weighted by Crippen LogP contribution is -2.32. The summed E-state index contributed by atoms with van der Waals surface area (Å²) in [5, 5.41) is 2.98. The van der Waals surface area contributed by atoms with Gasteiger partial charge in [0.05, 0.1) is 16.3 Å². The fraction of sp³-hybridized carbons (Fsp3) is 0.0769. The van der Waals surface area contributed by atoms with E-state index in [0.717, 1.165) is 11.8 Å². The summed E-state index contributed by atoms with van der Waals surface area (Å²) in [4.78, 5) is 31.5. The van der Waals surface area contributed by atoms with Crippen LogP contribution < -0.4 is 11.1 Å². The number of nitrogen functional groups attached to an aromatic ring is 1. The number of imide groups is 1. The fourth-order valence-electron chi connectivity index (χ4n) is 1.46. The van der Waals surface area contributed by atoms with E-state index in [1.807, 2.05) is 0 Å². The summed E-state index contributed by atoms with van der Waals surface area (Å²) in [6.45, 7) is 0. The van der Waals surface area contributed by atoms with E-state index in [9.17, 15) is 9.59 Å². The van der Waals surface area contributed by atoms with Gasteiger partial charge in [0, 0.05) is 12.4 Å². The van der Waals surface area contributed by atoms with Crippen molar-refractivity contribution in [3.8, 4) is 0 Å². The van der Waals surface area contributed by atoms with Crippen LogP contribution in [0.4, 0.5) is 5.82 Å². The maximum absolute atomic E-state index is 11.9. The molecule has 3 N–H and O–H groups in total. The zero-order valence-corrected chi connectivity index (χ0v) is 12.3. The van der Waals surface area contributed by atoms with Crippen LogP contribution in [-0.2, 0) is 4.79 Å². The summed E-state index contributed by atoms with van der Waals surface area (Å²) in [6.07, 6.45) is 2.94. The second kappa shape index (κ2) is 7.05. The minimum absolute atomic E-state index is 0.000907. The topological polar surface area (TPSA) is 98.0 Å². The highest BCUT2D eigenvalue weighted by Gasteiger charge is 2.14. The van der Waals surface area contributed by atoms with Crippen LogP contribution >= 0.6 is 23.4 Å². The van der Waals surface area contributed by atoms with Crippen LogP contribution in [0.2, 0.25) is 5.02 Å². The molecule has 0 atom stereocenters. The third kappa shape index (κ3) is 4.17. The molecule has 0 aliphatic rings. The molecule has 0 aliphatic carbocycles. The van der Waals surface area contributed by atoms with Crippen molar-refractivity contribution in [3.63, 3.8) is 0 Å². The summed E-state index contributed by atoms with van der Waals surface area (Å²) < 4.78 is 0. The Morgan fingerprint density at radius 3 is 2.67 bits per heavy atom. The predicted molar refractivity (Wildman–Crippen MR) is 81.1 cm³/mol. The number of carbonyl (C=O) groups excluding carboxylic acids is 2. The molecule has 1 aromatic carbocycles. The molecule has 0 saturated heterocycles. The van der Waals surface area contributed by atoms with Gasteiger partial charge in [-0.25, -0.2) is 9.97 Å². The van der Waals surface area contributed by atoms with Gasteiger partial charge in [0.25, 0.3) is 5.91 Å². The van der Waals surface area contributed by atoms with E-state index >= 15 is 0 Å². The number of thioether (sulfide) groups is 1. The molecule has 6 nitrogen and oxygen atoms in total. The molecule has 108 valence electrons. The zero-order chi connectivity index (χ0) is 15.2. The number of hydrogen-bond acceptors (Lipinski definition) is 6. The smallest absolute Gasteiger partial charge is 0.259 e. The van der Waals surface area contributed by atoms with Crippen molar-refractivity contribution in [3.05, 3.63) is 47.2 Å². The Balaban J connectivity index is 1.92. The van der Waals surface area contributed by atoms with Gasteiger partial charge in [-0.3, -0.25) is 14.9 Å². The zero-order valence-electron chi connectivity index (χ0n) is 10.7. The lowest BCUT2D eigenvalue weighted by molar-refractivity contribution is -0.117. The molecule has 0 spiro atoms. The van der Waals surface area contributed by atoms with Crippen LogP contribution in [0.1, 0.15) is 10.4 Å². The Hall–Kier alpha value is -2.12. The van der Waals surface area contributed by atoms with Crippen LogP contribution in [0.15, 0.2) is 41.7 Å². The average Bonchev–Trinajstić information content (AvgIpc) is 2.46. The first kappa shape index (κ1) is 15.3. The lowest BCUT2D eigenvalue weighted by atomic mass is 10.2. The molecule has 0 fully saturated rings. The van der Waals surface area contributed by atoms with Crippen LogP contribution in [0.5, 0.6) is 0 Å². The van der Waals surface area contributed by atoms with E-state index in [1.165, 1.54) is 12.4 Å². The van der Waals surface area contributed by atoms with Crippen molar-refractivity contribution >= 4 is 41.0 Å². The molecule has 8 heteroatoms. The monoisotopic (exact) mass is 322 g/mol. The molecule has 1 aromatic heterocycles. The van der Waals surface area contributed by atoms with Crippen LogP contribution in [0.3, 0.4) is 0 Å². The van der Waals surface area contributed by atoms with Gasteiger partial charge in [-0.05, 0) is 12.1 Å². The Morgan fingerprint density at radius 1 is 1.24 bits per heavy atom. The molecule has 0 saturated carbocycles. The van der Waals surface area contributed by atoms with Gasteiger partial charge in [0.15, 0.2) is 5.82 Å². The molecule has 0 aliphatic heterocycles. The number of benzene rings is 1. The van der Waals surface area contributed by atoms with Gasteiger partial charge in [-0.1, -0.05) is 35.5 Å². The van der Waals surface area contributed by atoms with Gasteiger partial charge in [-0.15, -0.1) is 0 Å². The molecule has 21 heavy (non-hydrogen) atoms. The Labute approximate surface area is 130 Å². The number of aromatic nitrogens is 2. The molecular formula is C13H11ClN4O2S. The SMILES string of the molecule is Nc1nccnc1SCC(=O)NC(=O)c1ccccc1Cl. The third-order valence-corrected chi connectivity index (χ3v) is 3.73. The van der Waals surface area contributed by atoms with Crippen molar-refractivity contribution in [1.29, 1.82) is 0 Å². The molecule has 0 unspecified atom stereocenters. The average molecular weight is 323 g/mol. The second-order valence-electron chi connectivity index (χ2n) is 3.89. The summed E-state index contributed by atoms with van der Waals surface area (Å²) in [5.41, 5.74) is 5.86. The maximum Gasteiger partial charge on any atom is 0.259 e. The second-order valence-corrected chi connectivity index (χ2v) is 5.26. The van der Waals surface area contributed by atoms with Gasteiger partial charge < -0.3 is 5.73 Å². The summed E-state index contributed by atoms with van der Waals surface area (Å²) in [5.74, 6) is -0.764. The van der Waals surface area contributed by atoms with E-state index in [0.29, 0.717) is 5.03 Å². The van der Waals surface area contributed by atoms with Gasteiger partial charge in [0.1, 0.15) is 5.03 Å². The van der Waals surface area contributed by atoms with Crippen LogP contribution in [-0.4, -0.2) is 27.5 Å². The predicted octanol–water partition coefficient (Wildman–Crippen LogP) is 1.76. The van der Waals surface area contributed by atoms with Gasteiger partial charge >= 0.3 is 0 Å². The number of halogens is 1. The third-order valence-electron chi connectivity index (χ3n) is 2.40. The molecule has 1 heterocycles. The number of hydrogen-bond donors (Lipinski definition) is 2. The molecule has 0 bridgehead atoms. The van der Waals surface area contributed by atoms with Gasteiger partial charge in [-0.2, -0.15) is 0 Å². The Bertz CT molecular complexity index is 681. The van der Waals surface area contributed by atoms with Crippen molar-refractivity contribution in [2.75, 3.05) is 11.5 Å².